The molecule has 5 nitrogen and oxygen atoms in total. The van der Waals surface area contributed by atoms with E-state index < -0.39 is 16.1 Å². The summed E-state index contributed by atoms with van der Waals surface area (Å²) in [5.41, 5.74) is 0. The van der Waals surface area contributed by atoms with Gasteiger partial charge < -0.3 is 9.52 Å². The lowest BCUT2D eigenvalue weighted by Crippen LogP contribution is -2.42. The minimum Gasteiger partial charge on any atom is -0.469 e. The number of nitrogens with one attached hydrogen (secondary N) is 1. The first-order valence-corrected chi connectivity index (χ1v) is 9.93. The van der Waals surface area contributed by atoms with Crippen LogP contribution in [0.1, 0.15) is 31.9 Å². The van der Waals surface area contributed by atoms with Crippen LogP contribution in [0.5, 0.6) is 0 Å². The molecular weight excluding hydrogens is 358 g/mol. The fourth-order valence-corrected chi connectivity index (χ4v) is 5.20. The summed E-state index contributed by atoms with van der Waals surface area (Å²) in [5, 5.41) is 9.73. The Bertz CT molecular complexity index is 710. The van der Waals surface area contributed by atoms with Crippen LogP contribution < -0.4 is 4.72 Å². The Kier molecular flexibility index (Phi) is 6.27. The summed E-state index contributed by atoms with van der Waals surface area (Å²) in [5.74, 6) is 0.727. The van der Waals surface area contributed by atoms with Crippen molar-refractivity contribution >= 4 is 33.0 Å². The van der Waals surface area contributed by atoms with E-state index in [9.17, 15) is 13.5 Å². The van der Waals surface area contributed by atoms with Crippen LogP contribution >= 0.6 is 22.9 Å². The highest BCUT2D eigenvalue weighted by Crippen LogP contribution is 2.30. The average Bonchev–Trinajstić information content (AvgIpc) is 3.13. The van der Waals surface area contributed by atoms with Crippen LogP contribution in [0, 0.1) is 5.92 Å². The molecule has 0 aliphatic heterocycles. The molecule has 2 heterocycles. The fourth-order valence-electron chi connectivity index (χ4n) is 2.43. The molecule has 2 N–H and O–H groups in total. The van der Waals surface area contributed by atoms with Crippen molar-refractivity contribution in [2.75, 3.05) is 6.61 Å². The Hall–Kier alpha value is -0.860. The third-order valence-electron chi connectivity index (χ3n) is 3.44. The van der Waals surface area contributed by atoms with Gasteiger partial charge in [0, 0.05) is 5.92 Å². The fraction of sp³-hybridized carbons (Fsp3) is 0.467. The second-order valence-corrected chi connectivity index (χ2v) is 9.38. The molecule has 2 aromatic heterocycles. The van der Waals surface area contributed by atoms with E-state index in [-0.39, 0.29) is 16.7 Å². The number of hydrogen-bond donors (Lipinski definition) is 2. The van der Waals surface area contributed by atoms with E-state index in [0.29, 0.717) is 22.4 Å². The Labute approximate surface area is 145 Å². The van der Waals surface area contributed by atoms with Gasteiger partial charge in [-0.05, 0) is 36.6 Å². The summed E-state index contributed by atoms with van der Waals surface area (Å²) in [7, 11) is -3.74. The van der Waals surface area contributed by atoms with E-state index in [1.165, 1.54) is 12.1 Å². The molecule has 2 rings (SSSR count). The van der Waals surface area contributed by atoms with Gasteiger partial charge >= 0.3 is 0 Å². The molecule has 8 heteroatoms. The molecule has 0 radical (unpaired) electrons. The van der Waals surface area contributed by atoms with Gasteiger partial charge in [0.25, 0.3) is 0 Å². The van der Waals surface area contributed by atoms with Crippen molar-refractivity contribution in [3.05, 3.63) is 40.6 Å². The summed E-state index contributed by atoms with van der Waals surface area (Å²) < 4.78 is 33.5. The third-order valence-corrected chi connectivity index (χ3v) is 6.65. The summed E-state index contributed by atoms with van der Waals surface area (Å²) >= 11 is 6.79. The smallest absolute Gasteiger partial charge is 0.250 e. The Morgan fingerprint density at radius 1 is 1.35 bits per heavy atom. The Morgan fingerprint density at radius 3 is 2.57 bits per heavy atom. The van der Waals surface area contributed by atoms with Crippen molar-refractivity contribution in [3.63, 3.8) is 0 Å². The van der Waals surface area contributed by atoms with Gasteiger partial charge in [-0.3, -0.25) is 0 Å². The molecule has 0 fully saturated rings. The maximum absolute atomic E-state index is 12.5. The molecule has 0 aromatic carbocycles. The number of thiophene rings is 1. The monoisotopic (exact) mass is 377 g/mol. The van der Waals surface area contributed by atoms with E-state index in [1.54, 1.807) is 18.4 Å². The summed E-state index contributed by atoms with van der Waals surface area (Å²) in [6.45, 7) is 3.76. The zero-order chi connectivity index (χ0) is 17.0. The minimum absolute atomic E-state index is 0.128. The summed E-state index contributed by atoms with van der Waals surface area (Å²) in [6, 6.07) is 5.87. The van der Waals surface area contributed by atoms with Gasteiger partial charge in [0.05, 0.1) is 23.2 Å². The number of rotatable bonds is 8. The molecule has 0 amide bonds. The van der Waals surface area contributed by atoms with Gasteiger partial charge in [-0.15, -0.1) is 11.3 Å². The SMILES string of the molecule is CC(C)C[C@@H](c1ccco1)[C@@H](CO)NS(=O)(=O)c1ccc(Cl)s1. The van der Waals surface area contributed by atoms with Gasteiger partial charge in [-0.25, -0.2) is 13.1 Å². The zero-order valence-corrected chi connectivity index (χ0v) is 15.3. The van der Waals surface area contributed by atoms with Gasteiger partial charge in [0.2, 0.25) is 10.0 Å². The molecule has 0 bridgehead atoms. The van der Waals surface area contributed by atoms with Crippen LogP contribution in [-0.4, -0.2) is 26.2 Å². The van der Waals surface area contributed by atoms with Gasteiger partial charge in [-0.1, -0.05) is 25.4 Å². The van der Waals surface area contributed by atoms with Crippen LogP contribution in [0.2, 0.25) is 4.34 Å². The molecule has 0 spiro atoms. The van der Waals surface area contributed by atoms with Gasteiger partial charge in [0.1, 0.15) is 9.97 Å². The van der Waals surface area contributed by atoms with Crippen molar-refractivity contribution in [3.8, 4) is 0 Å². The van der Waals surface area contributed by atoms with Crippen molar-refractivity contribution in [1.82, 2.24) is 4.72 Å². The zero-order valence-electron chi connectivity index (χ0n) is 12.9. The highest BCUT2D eigenvalue weighted by molar-refractivity contribution is 7.91. The van der Waals surface area contributed by atoms with E-state index in [1.807, 2.05) is 13.8 Å². The summed E-state index contributed by atoms with van der Waals surface area (Å²) in [4.78, 5) is 0. The number of halogens is 1. The van der Waals surface area contributed by atoms with Gasteiger partial charge in [-0.2, -0.15) is 0 Å². The molecular formula is C15H20ClNO4S2. The first-order valence-electron chi connectivity index (χ1n) is 7.25. The molecule has 2 atom stereocenters. The molecule has 0 unspecified atom stereocenters. The predicted molar refractivity (Wildman–Crippen MR) is 91.4 cm³/mol. The summed E-state index contributed by atoms with van der Waals surface area (Å²) in [6.07, 6.45) is 2.23. The standard InChI is InChI=1S/C15H20ClNO4S2/c1-10(2)8-11(13-4-3-7-21-13)12(9-18)17-23(19,20)15-6-5-14(16)22-15/h3-7,10-12,17-18H,8-9H2,1-2H3/t11-,12-/m1/s1. The first kappa shape index (κ1) is 18.5. The van der Waals surface area contributed by atoms with Crippen LogP contribution in [-0.2, 0) is 10.0 Å². The molecule has 0 saturated carbocycles. The molecule has 2 aromatic rings. The van der Waals surface area contributed by atoms with Crippen LogP contribution in [0.3, 0.4) is 0 Å². The number of furan rings is 1. The molecule has 0 saturated heterocycles. The van der Waals surface area contributed by atoms with Crippen LogP contribution in [0.15, 0.2) is 39.2 Å². The van der Waals surface area contributed by atoms with Crippen LogP contribution in [0.25, 0.3) is 0 Å². The lowest BCUT2D eigenvalue weighted by Gasteiger charge is -2.26. The largest absolute Gasteiger partial charge is 0.469 e. The van der Waals surface area contributed by atoms with Crippen molar-refractivity contribution in [2.24, 2.45) is 5.92 Å². The second kappa shape index (κ2) is 7.81. The minimum atomic E-state index is -3.74. The normalized spacial score (nSPS) is 15.0. The Balaban J connectivity index is 2.25. The Morgan fingerprint density at radius 2 is 2.09 bits per heavy atom. The number of aliphatic hydroxyl groups is 1. The lowest BCUT2D eigenvalue weighted by molar-refractivity contribution is 0.218. The van der Waals surface area contributed by atoms with Crippen molar-refractivity contribution < 1.29 is 17.9 Å². The first-order chi connectivity index (χ1) is 10.8. The van der Waals surface area contributed by atoms with Crippen molar-refractivity contribution in [2.45, 2.75) is 36.4 Å². The topological polar surface area (TPSA) is 79.5 Å². The average molecular weight is 378 g/mol. The number of aliphatic hydroxyl groups excluding tert-OH is 1. The van der Waals surface area contributed by atoms with Gasteiger partial charge in [0.15, 0.2) is 0 Å². The van der Waals surface area contributed by atoms with E-state index >= 15 is 0 Å². The van der Waals surface area contributed by atoms with Crippen molar-refractivity contribution in [1.29, 1.82) is 0 Å². The highest BCUT2D eigenvalue weighted by Gasteiger charge is 2.30. The van der Waals surface area contributed by atoms with E-state index in [2.05, 4.69) is 4.72 Å². The quantitative estimate of drug-likeness (QED) is 0.738. The number of sulfonamides is 1. The highest BCUT2D eigenvalue weighted by atomic mass is 35.5. The maximum atomic E-state index is 12.5. The van der Waals surface area contributed by atoms with E-state index in [0.717, 1.165) is 11.3 Å². The van der Waals surface area contributed by atoms with E-state index in [4.69, 9.17) is 16.0 Å². The van der Waals surface area contributed by atoms with Crippen LogP contribution in [0.4, 0.5) is 0 Å². The molecule has 128 valence electrons. The predicted octanol–water partition coefficient (Wildman–Crippen LogP) is 3.46. The molecule has 23 heavy (non-hydrogen) atoms. The number of hydrogen-bond acceptors (Lipinski definition) is 5. The lowest BCUT2D eigenvalue weighted by atomic mass is 9.89. The molecule has 0 aliphatic carbocycles. The third kappa shape index (κ3) is 4.81. The molecule has 0 aliphatic rings. The second-order valence-electron chi connectivity index (χ2n) is 5.72. The maximum Gasteiger partial charge on any atom is 0.250 e.